The van der Waals surface area contributed by atoms with Crippen molar-refractivity contribution >= 4 is 11.6 Å². The zero-order chi connectivity index (χ0) is 11.9. The molecule has 0 heterocycles. The summed E-state index contributed by atoms with van der Waals surface area (Å²) >= 11 is 5.27. The first-order valence-electron chi connectivity index (χ1n) is 7.00. The van der Waals surface area contributed by atoms with Gasteiger partial charge >= 0.3 is 0 Å². The van der Waals surface area contributed by atoms with Crippen LogP contribution in [-0.2, 0) is 0 Å². The third kappa shape index (κ3) is 13.8. The van der Waals surface area contributed by atoms with Crippen molar-refractivity contribution in [1.82, 2.24) is 0 Å². The molecule has 0 saturated heterocycles. The predicted octanol–water partition coefficient (Wildman–Crippen LogP) is 5.89. The molecule has 0 atom stereocenters. The quantitative estimate of drug-likeness (QED) is 0.313. The van der Waals surface area contributed by atoms with Crippen LogP contribution in [0.5, 0.6) is 0 Å². The molecule has 1 heteroatoms. The molecule has 0 bridgehead atoms. The molecule has 0 fully saturated rings. The van der Waals surface area contributed by atoms with E-state index in [0.29, 0.717) is 0 Å². The summed E-state index contributed by atoms with van der Waals surface area (Å²) in [5.41, 5.74) is 0. The fourth-order valence-corrected chi connectivity index (χ4v) is 2.02. The predicted molar refractivity (Wildman–Crippen MR) is 74.7 cm³/mol. The Morgan fingerprint density at radius 3 is 1.56 bits per heavy atom. The largest absolute Gasteiger partial charge is 0.0859 e. The van der Waals surface area contributed by atoms with Crippen LogP contribution in [-0.4, -0.2) is 0 Å². The monoisotopic (exact) mass is 242 g/mol. The van der Waals surface area contributed by atoms with E-state index in [4.69, 9.17) is 11.6 Å². The van der Waals surface area contributed by atoms with Crippen molar-refractivity contribution in [2.45, 2.75) is 84.0 Å². The lowest BCUT2D eigenvalue weighted by molar-refractivity contribution is 0.551. The molecular formula is C15H27Cl. The van der Waals surface area contributed by atoms with Crippen LogP contribution < -0.4 is 0 Å². The van der Waals surface area contributed by atoms with Crippen LogP contribution in [0.2, 0.25) is 0 Å². The molecule has 0 aliphatic heterocycles. The lowest BCUT2D eigenvalue weighted by Gasteiger charge is -2.01. The van der Waals surface area contributed by atoms with E-state index >= 15 is 0 Å². The molecule has 94 valence electrons. The standard InChI is InChI=1S/C15H27Cl/c1-2-3-4-5-6-7-8-9-10-11-12-13-14-15-16/h2-13H2,1H3. The summed E-state index contributed by atoms with van der Waals surface area (Å²) in [4.78, 5) is 0. The summed E-state index contributed by atoms with van der Waals surface area (Å²) in [6.07, 6.45) is 16.2. The molecule has 0 radical (unpaired) electrons. The van der Waals surface area contributed by atoms with E-state index in [1.807, 2.05) is 0 Å². The summed E-state index contributed by atoms with van der Waals surface area (Å²) in [6, 6.07) is 0. The van der Waals surface area contributed by atoms with Crippen molar-refractivity contribution in [1.29, 1.82) is 0 Å². The second-order valence-electron chi connectivity index (χ2n) is 4.56. The maximum absolute atomic E-state index is 5.27. The summed E-state index contributed by atoms with van der Waals surface area (Å²) in [6.45, 7) is 2.27. The SMILES string of the molecule is CCCCCCCCCCCCCC#CCl. The van der Waals surface area contributed by atoms with Gasteiger partial charge in [-0.1, -0.05) is 77.1 Å². The van der Waals surface area contributed by atoms with Crippen LogP contribution in [0, 0.1) is 11.3 Å². The highest BCUT2D eigenvalue weighted by Crippen LogP contribution is 2.11. The molecule has 0 aromatic heterocycles. The van der Waals surface area contributed by atoms with E-state index in [9.17, 15) is 0 Å². The molecule has 0 aliphatic rings. The third-order valence-corrected chi connectivity index (χ3v) is 3.11. The minimum absolute atomic E-state index is 0.973. The summed E-state index contributed by atoms with van der Waals surface area (Å²) in [5.74, 6) is 2.89. The Labute approximate surface area is 107 Å². The molecule has 0 aliphatic carbocycles. The van der Waals surface area contributed by atoms with Crippen LogP contribution in [0.15, 0.2) is 0 Å². The van der Waals surface area contributed by atoms with Crippen LogP contribution in [0.4, 0.5) is 0 Å². The number of rotatable bonds is 11. The van der Waals surface area contributed by atoms with E-state index in [-0.39, 0.29) is 0 Å². The molecule has 0 rings (SSSR count). The van der Waals surface area contributed by atoms with E-state index < -0.39 is 0 Å². The van der Waals surface area contributed by atoms with Gasteiger partial charge in [-0.2, -0.15) is 0 Å². The lowest BCUT2D eigenvalue weighted by Crippen LogP contribution is -1.81. The molecule has 16 heavy (non-hydrogen) atoms. The molecule has 0 saturated carbocycles. The fraction of sp³-hybridized carbons (Fsp3) is 0.867. The minimum atomic E-state index is 0.973. The Morgan fingerprint density at radius 1 is 0.688 bits per heavy atom. The Balaban J connectivity index is 2.89. The molecule has 0 unspecified atom stereocenters. The van der Waals surface area contributed by atoms with Crippen LogP contribution in [0.25, 0.3) is 0 Å². The van der Waals surface area contributed by atoms with Crippen molar-refractivity contribution in [3.05, 3.63) is 0 Å². The van der Waals surface area contributed by atoms with Crippen LogP contribution >= 0.6 is 11.6 Å². The molecular weight excluding hydrogens is 216 g/mol. The third-order valence-electron chi connectivity index (χ3n) is 2.97. The van der Waals surface area contributed by atoms with Gasteiger partial charge in [-0.15, -0.1) is 0 Å². The van der Waals surface area contributed by atoms with Gasteiger partial charge in [-0.05, 0) is 18.0 Å². The number of halogens is 1. The van der Waals surface area contributed by atoms with Crippen molar-refractivity contribution in [2.24, 2.45) is 0 Å². The first-order valence-corrected chi connectivity index (χ1v) is 7.38. The molecule has 0 N–H and O–H groups in total. The van der Waals surface area contributed by atoms with E-state index in [2.05, 4.69) is 18.2 Å². The Kier molecular flexibility index (Phi) is 14.7. The van der Waals surface area contributed by atoms with E-state index in [1.54, 1.807) is 0 Å². The number of hydrogen-bond acceptors (Lipinski definition) is 0. The van der Waals surface area contributed by atoms with Gasteiger partial charge in [0.1, 0.15) is 0 Å². The number of unbranched alkanes of at least 4 members (excludes halogenated alkanes) is 11. The summed E-state index contributed by atoms with van der Waals surface area (Å²) in [7, 11) is 0. The first kappa shape index (κ1) is 15.9. The zero-order valence-electron chi connectivity index (χ0n) is 10.9. The maximum atomic E-state index is 5.27. The van der Waals surface area contributed by atoms with Crippen molar-refractivity contribution < 1.29 is 0 Å². The average molecular weight is 243 g/mol. The highest BCUT2D eigenvalue weighted by Gasteiger charge is 1.92. The van der Waals surface area contributed by atoms with Gasteiger partial charge in [0.2, 0.25) is 0 Å². The van der Waals surface area contributed by atoms with Crippen LogP contribution in [0.3, 0.4) is 0 Å². The minimum Gasteiger partial charge on any atom is -0.0859 e. The highest BCUT2D eigenvalue weighted by atomic mass is 35.5. The number of hydrogen-bond donors (Lipinski definition) is 0. The van der Waals surface area contributed by atoms with Crippen molar-refractivity contribution in [3.8, 4) is 11.3 Å². The second kappa shape index (κ2) is 14.8. The first-order chi connectivity index (χ1) is 7.91. The normalized spacial score (nSPS) is 9.88. The molecule has 0 aromatic carbocycles. The van der Waals surface area contributed by atoms with Gasteiger partial charge < -0.3 is 0 Å². The van der Waals surface area contributed by atoms with Gasteiger partial charge in [-0.25, -0.2) is 0 Å². The summed E-state index contributed by atoms with van der Waals surface area (Å²) in [5, 5.41) is 2.43. The van der Waals surface area contributed by atoms with Gasteiger partial charge in [0.05, 0.1) is 0 Å². The second-order valence-corrected chi connectivity index (χ2v) is 4.75. The Bertz CT molecular complexity index is 176. The lowest BCUT2D eigenvalue weighted by atomic mass is 10.1. The molecule has 0 amide bonds. The molecule has 0 nitrogen and oxygen atoms in total. The van der Waals surface area contributed by atoms with E-state index in [0.717, 1.165) is 6.42 Å². The smallest absolute Gasteiger partial charge is 0.0101 e. The van der Waals surface area contributed by atoms with Gasteiger partial charge in [-0.3, -0.25) is 0 Å². The Hall–Kier alpha value is -0.150. The Morgan fingerprint density at radius 2 is 1.12 bits per heavy atom. The van der Waals surface area contributed by atoms with Crippen molar-refractivity contribution in [2.75, 3.05) is 0 Å². The van der Waals surface area contributed by atoms with Gasteiger partial charge in [0.25, 0.3) is 0 Å². The van der Waals surface area contributed by atoms with Gasteiger partial charge in [0.15, 0.2) is 0 Å². The summed E-state index contributed by atoms with van der Waals surface area (Å²) < 4.78 is 0. The topological polar surface area (TPSA) is 0 Å². The van der Waals surface area contributed by atoms with Gasteiger partial charge in [0, 0.05) is 11.8 Å². The average Bonchev–Trinajstić information content (AvgIpc) is 2.31. The van der Waals surface area contributed by atoms with Crippen molar-refractivity contribution in [3.63, 3.8) is 0 Å². The highest BCUT2D eigenvalue weighted by molar-refractivity contribution is 6.30. The zero-order valence-corrected chi connectivity index (χ0v) is 11.6. The fourth-order valence-electron chi connectivity index (χ4n) is 1.92. The van der Waals surface area contributed by atoms with Crippen LogP contribution in [0.1, 0.15) is 84.0 Å². The molecule has 0 aromatic rings. The molecule has 0 spiro atoms. The van der Waals surface area contributed by atoms with E-state index in [1.165, 1.54) is 70.6 Å². The maximum Gasteiger partial charge on any atom is 0.0101 e.